The van der Waals surface area contributed by atoms with Crippen molar-refractivity contribution in [3.05, 3.63) is 64.6 Å². The van der Waals surface area contributed by atoms with E-state index >= 15 is 0 Å². The van der Waals surface area contributed by atoms with Gasteiger partial charge < -0.3 is 9.15 Å². The first-order valence-electron chi connectivity index (χ1n) is 6.31. The molecule has 0 aliphatic heterocycles. The number of hydrogen-bond acceptors (Lipinski definition) is 3. The van der Waals surface area contributed by atoms with Gasteiger partial charge in [-0.1, -0.05) is 12.1 Å². The fourth-order valence-electron chi connectivity index (χ4n) is 2.06. The van der Waals surface area contributed by atoms with Gasteiger partial charge in [0.1, 0.15) is 12.4 Å². The average molecular weight is 291 g/mol. The summed E-state index contributed by atoms with van der Waals surface area (Å²) in [5.41, 5.74) is 1.13. The van der Waals surface area contributed by atoms with Crippen molar-refractivity contribution in [3.8, 4) is 5.75 Å². The molecule has 0 spiro atoms. The molecule has 108 valence electrons. The smallest absolute Gasteiger partial charge is 0.420 e. The largest absolute Gasteiger partial charge is 0.489 e. The fourth-order valence-corrected chi connectivity index (χ4v) is 2.06. The van der Waals surface area contributed by atoms with Crippen LogP contribution in [0, 0.1) is 11.6 Å². The minimum absolute atomic E-state index is 0.0581. The summed E-state index contributed by atoms with van der Waals surface area (Å²) in [7, 11) is 0. The Balaban J connectivity index is 1.75. The lowest BCUT2D eigenvalue weighted by Crippen LogP contribution is -2.18. The minimum Gasteiger partial charge on any atom is -0.489 e. The van der Waals surface area contributed by atoms with Crippen LogP contribution in [0.3, 0.4) is 0 Å². The highest BCUT2D eigenvalue weighted by molar-refractivity contribution is 5.72. The van der Waals surface area contributed by atoms with Crippen LogP contribution in [-0.4, -0.2) is 11.2 Å². The Morgan fingerprint density at radius 2 is 1.95 bits per heavy atom. The molecule has 2 aromatic carbocycles. The van der Waals surface area contributed by atoms with E-state index in [1.807, 2.05) is 0 Å². The van der Waals surface area contributed by atoms with Crippen LogP contribution < -0.4 is 10.5 Å². The summed E-state index contributed by atoms with van der Waals surface area (Å²) in [6.07, 6.45) is 0. The van der Waals surface area contributed by atoms with Crippen LogP contribution in [0.15, 0.2) is 51.7 Å². The molecular weight excluding hydrogens is 280 g/mol. The summed E-state index contributed by atoms with van der Waals surface area (Å²) < 4.78 is 37.9. The summed E-state index contributed by atoms with van der Waals surface area (Å²) >= 11 is 0. The topological polar surface area (TPSA) is 44.4 Å². The zero-order chi connectivity index (χ0) is 14.8. The molecule has 21 heavy (non-hydrogen) atoms. The first-order valence-corrected chi connectivity index (χ1v) is 6.31. The van der Waals surface area contributed by atoms with E-state index < -0.39 is 17.4 Å². The summed E-state index contributed by atoms with van der Waals surface area (Å²) in [4.78, 5) is 11.7. The van der Waals surface area contributed by atoms with Gasteiger partial charge in [0.2, 0.25) is 0 Å². The third-order valence-electron chi connectivity index (χ3n) is 3.04. The van der Waals surface area contributed by atoms with Gasteiger partial charge >= 0.3 is 5.76 Å². The standard InChI is InChI=1S/C15H11F2NO3/c16-10-5-6-13(11(17)9-10)20-8-7-18-12-3-1-2-4-14(12)21-15(18)19/h1-6,9H,7-8H2. The number of nitrogens with zero attached hydrogens (tertiary/aromatic N) is 1. The lowest BCUT2D eigenvalue weighted by molar-refractivity contribution is 0.280. The molecule has 0 amide bonds. The summed E-state index contributed by atoms with van der Waals surface area (Å²) in [5, 5.41) is 0. The molecule has 0 saturated carbocycles. The van der Waals surface area contributed by atoms with Crippen molar-refractivity contribution in [2.75, 3.05) is 6.61 Å². The third kappa shape index (κ3) is 2.65. The summed E-state index contributed by atoms with van der Waals surface area (Å²) in [6.45, 7) is 0.263. The zero-order valence-corrected chi connectivity index (χ0v) is 10.9. The van der Waals surface area contributed by atoms with Crippen LogP contribution in [0.5, 0.6) is 5.75 Å². The van der Waals surface area contributed by atoms with Crippen molar-refractivity contribution in [1.82, 2.24) is 4.57 Å². The lowest BCUT2D eigenvalue weighted by Gasteiger charge is -2.07. The highest BCUT2D eigenvalue weighted by Crippen LogP contribution is 2.18. The molecule has 6 heteroatoms. The molecule has 1 aromatic heterocycles. The molecule has 0 atom stereocenters. The highest BCUT2D eigenvalue weighted by atomic mass is 19.1. The number of aromatic nitrogens is 1. The predicted octanol–water partition coefficient (Wildman–Crippen LogP) is 2.95. The molecule has 0 unspecified atom stereocenters. The maximum atomic E-state index is 13.4. The van der Waals surface area contributed by atoms with E-state index in [-0.39, 0.29) is 18.9 Å². The van der Waals surface area contributed by atoms with Gasteiger partial charge in [-0.2, -0.15) is 0 Å². The molecule has 0 saturated heterocycles. The fraction of sp³-hybridized carbons (Fsp3) is 0.133. The number of hydrogen-bond donors (Lipinski definition) is 0. The molecule has 0 fully saturated rings. The van der Waals surface area contributed by atoms with E-state index in [0.29, 0.717) is 11.1 Å². The Bertz CT molecular complexity index is 838. The Kier molecular flexibility index (Phi) is 3.43. The maximum Gasteiger partial charge on any atom is 0.420 e. The Morgan fingerprint density at radius 1 is 1.14 bits per heavy atom. The summed E-state index contributed by atoms with van der Waals surface area (Å²) in [5.74, 6) is -2.01. The van der Waals surface area contributed by atoms with Crippen LogP contribution >= 0.6 is 0 Å². The Hall–Kier alpha value is -2.63. The van der Waals surface area contributed by atoms with Gasteiger partial charge in [-0.05, 0) is 24.3 Å². The van der Waals surface area contributed by atoms with Gasteiger partial charge in [0.15, 0.2) is 17.1 Å². The van der Waals surface area contributed by atoms with Crippen molar-refractivity contribution >= 4 is 11.1 Å². The SMILES string of the molecule is O=c1oc2ccccc2n1CCOc1ccc(F)cc1F. The quantitative estimate of drug-likeness (QED) is 0.742. The molecule has 0 aliphatic carbocycles. The molecule has 0 N–H and O–H groups in total. The monoisotopic (exact) mass is 291 g/mol. The van der Waals surface area contributed by atoms with Crippen LogP contribution in [0.1, 0.15) is 0 Å². The minimum atomic E-state index is -0.778. The van der Waals surface area contributed by atoms with Crippen LogP contribution in [0.2, 0.25) is 0 Å². The first kappa shape index (κ1) is 13.4. The second-order valence-corrected chi connectivity index (χ2v) is 4.41. The number of ether oxygens (including phenoxy) is 1. The summed E-state index contributed by atoms with van der Waals surface area (Å²) in [6, 6.07) is 10.0. The maximum absolute atomic E-state index is 13.4. The van der Waals surface area contributed by atoms with Gasteiger partial charge in [-0.3, -0.25) is 4.57 Å². The second kappa shape index (κ2) is 5.40. The Labute approximate surface area is 118 Å². The molecule has 0 aliphatic rings. The van der Waals surface area contributed by atoms with Gasteiger partial charge in [0.05, 0.1) is 12.1 Å². The van der Waals surface area contributed by atoms with Gasteiger partial charge in [0.25, 0.3) is 0 Å². The van der Waals surface area contributed by atoms with E-state index in [0.717, 1.165) is 12.1 Å². The zero-order valence-electron chi connectivity index (χ0n) is 10.9. The average Bonchev–Trinajstić information content (AvgIpc) is 2.77. The molecule has 0 bridgehead atoms. The van der Waals surface area contributed by atoms with Gasteiger partial charge in [-0.15, -0.1) is 0 Å². The van der Waals surface area contributed by atoms with E-state index in [4.69, 9.17) is 9.15 Å². The number of oxazole rings is 1. The van der Waals surface area contributed by atoms with Crippen molar-refractivity contribution in [3.63, 3.8) is 0 Å². The number of rotatable bonds is 4. The van der Waals surface area contributed by atoms with Crippen LogP contribution in [-0.2, 0) is 6.54 Å². The molecule has 1 heterocycles. The van der Waals surface area contributed by atoms with E-state index in [2.05, 4.69) is 0 Å². The van der Waals surface area contributed by atoms with Gasteiger partial charge in [0, 0.05) is 6.07 Å². The third-order valence-corrected chi connectivity index (χ3v) is 3.04. The number of para-hydroxylation sites is 2. The van der Waals surface area contributed by atoms with Crippen molar-refractivity contribution in [1.29, 1.82) is 0 Å². The molecule has 4 nitrogen and oxygen atoms in total. The molecule has 3 rings (SSSR count). The normalized spacial score (nSPS) is 11.0. The van der Waals surface area contributed by atoms with E-state index in [9.17, 15) is 13.6 Å². The Morgan fingerprint density at radius 3 is 2.76 bits per heavy atom. The molecular formula is C15H11F2NO3. The number of fused-ring (bicyclic) bond motifs is 1. The predicted molar refractivity (Wildman–Crippen MR) is 72.3 cm³/mol. The number of benzene rings is 2. The van der Waals surface area contributed by atoms with Crippen LogP contribution in [0.4, 0.5) is 8.78 Å². The highest BCUT2D eigenvalue weighted by Gasteiger charge is 2.09. The first-order chi connectivity index (χ1) is 10.1. The van der Waals surface area contributed by atoms with Crippen LogP contribution in [0.25, 0.3) is 11.1 Å². The van der Waals surface area contributed by atoms with Crippen molar-refractivity contribution < 1.29 is 17.9 Å². The second-order valence-electron chi connectivity index (χ2n) is 4.41. The number of halogens is 2. The van der Waals surface area contributed by atoms with E-state index in [1.165, 1.54) is 10.6 Å². The lowest BCUT2D eigenvalue weighted by atomic mass is 10.3. The molecule has 3 aromatic rings. The van der Waals surface area contributed by atoms with Crippen molar-refractivity contribution in [2.24, 2.45) is 0 Å². The van der Waals surface area contributed by atoms with Gasteiger partial charge in [-0.25, -0.2) is 13.6 Å². The van der Waals surface area contributed by atoms with Crippen molar-refractivity contribution in [2.45, 2.75) is 6.54 Å². The molecule has 0 radical (unpaired) electrons. The van der Waals surface area contributed by atoms with E-state index in [1.54, 1.807) is 24.3 Å².